The van der Waals surface area contributed by atoms with Gasteiger partial charge in [0, 0.05) is 28.8 Å². The lowest BCUT2D eigenvalue weighted by Gasteiger charge is -2.17. The van der Waals surface area contributed by atoms with Crippen LogP contribution in [0.2, 0.25) is 0 Å². The summed E-state index contributed by atoms with van der Waals surface area (Å²) in [7, 11) is 0. The minimum atomic E-state index is -0.0213. The average molecular weight is 303 g/mol. The molecule has 102 valence electrons. The molecule has 0 saturated heterocycles. The van der Waals surface area contributed by atoms with Crippen LogP contribution in [0.4, 0.5) is 5.13 Å². The van der Waals surface area contributed by atoms with Crippen molar-refractivity contribution < 1.29 is 4.79 Å². The fourth-order valence-electron chi connectivity index (χ4n) is 2.02. The van der Waals surface area contributed by atoms with Crippen LogP contribution in [-0.4, -0.2) is 15.5 Å². The van der Waals surface area contributed by atoms with Crippen LogP contribution < -0.4 is 5.32 Å². The van der Waals surface area contributed by atoms with Crippen LogP contribution >= 0.6 is 22.7 Å². The Bertz CT molecular complexity index is 610. The van der Waals surface area contributed by atoms with Gasteiger partial charge in [0.1, 0.15) is 0 Å². The molecule has 0 aromatic carbocycles. The molecule has 0 radical (unpaired) electrons. The Morgan fingerprint density at radius 3 is 2.75 bits per heavy atom. The minimum absolute atomic E-state index is 0.0213. The second-order valence-electron chi connectivity index (χ2n) is 4.25. The van der Waals surface area contributed by atoms with E-state index in [1.165, 1.54) is 16.2 Å². The van der Waals surface area contributed by atoms with E-state index in [2.05, 4.69) is 20.9 Å². The largest absolute Gasteiger partial charge is 0.346 e. The van der Waals surface area contributed by atoms with E-state index in [1.807, 2.05) is 41.4 Å². The van der Waals surface area contributed by atoms with Crippen LogP contribution in [0.3, 0.4) is 0 Å². The highest BCUT2D eigenvalue weighted by Crippen LogP contribution is 2.27. The van der Waals surface area contributed by atoms with Gasteiger partial charge in [-0.2, -0.15) is 0 Å². The van der Waals surface area contributed by atoms with Crippen molar-refractivity contribution in [2.75, 3.05) is 5.32 Å². The molecule has 0 bridgehead atoms. The number of amides is 1. The van der Waals surface area contributed by atoms with Crippen molar-refractivity contribution in [3.8, 4) is 0 Å². The molecule has 0 spiro atoms. The van der Waals surface area contributed by atoms with E-state index < -0.39 is 0 Å². The average Bonchev–Trinajstić information content (AvgIpc) is 3.18. The molecule has 0 unspecified atom stereocenters. The number of hydrogen-bond donors (Lipinski definition) is 1. The SMILES string of the molecule is O=C(C[C@H](c1cccs1)n1cccc1)Nc1nccs1. The lowest BCUT2D eigenvalue weighted by molar-refractivity contribution is -0.116. The molecule has 3 rings (SSSR count). The first-order valence-corrected chi connectivity index (χ1v) is 7.94. The summed E-state index contributed by atoms with van der Waals surface area (Å²) in [5.74, 6) is -0.0213. The molecular formula is C14H13N3OS2. The van der Waals surface area contributed by atoms with Crippen LogP contribution in [0, 0.1) is 0 Å². The van der Waals surface area contributed by atoms with Gasteiger partial charge in [-0.15, -0.1) is 22.7 Å². The number of thiazole rings is 1. The number of carbonyl (C=O) groups is 1. The molecule has 20 heavy (non-hydrogen) atoms. The first-order chi connectivity index (χ1) is 9.83. The summed E-state index contributed by atoms with van der Waals surface area (Å²) in [4.78, 5) is 17.4. The molecule has 1 N–H and O–H groups in total. The number of rotatable bonds is 5. The predicted octanol–water partition coefficient (Wildman–Crippen LogP) is 3.62. The Hall–Kier alpha value is -1.92. The first-order valence-electron chi connectivity index (χ1n) is 6.18. The van der Waals surface area contributed by atoms with E-state index >= 15 is 0 Å². The number of anilines is 1. The molecule has 4 nitrogen and oxygen atoms in total. The number of aromatic nitrogens is 2. The van der Waals surface area contributed by atoms with E-state index in [0.717, 1.165) is 0 Å². The van der Waals surface area contributed by atoms with Gasteiger partial charge in [-0.25, -0.2) is 4.98 Å². The summed E-state index contributed by atoms with van der Waals surface area (Å²) in [6.07, 6.45) is 6.06. The third-order valence-electron chi connectivity index (χ3n) is 2.92. The van der Waals surface area contributed by atoms with E-state index in [4.69, 9.17) is 0 Å². The van der Waals surface area contributed by atoms with E-state index in [0.29, 0.717) is 11.6 Å². The third-order valence-corrected chi connectivity index (χ3v) is 4.58. The number of thiophene rings is 1. The van der Waals surface area contributed by atoms with Crippen LogP contribution in [0.25, 0.3) is 0 Å². The third kappa shape index (κ3) is 2.97. The lowest BCUT2D eigenvalue weighted by atomic mass is 10.1. The molecule has 0 fully saturated rings. The molecule has 0 aliphatic rings. The number of hydrogen-bond acceptors (Lipinski definition) is 4. The van der Waals surface area contributed by atoms with E-state index in [-0.39, 0.29) is 11.9 Å². The van der Waals surface area contributed by atoms with Crippen molar-refractivity contribution in [1.82, 2.24) is 9.55 Å². The van der Waals surface area contributed by atoms with Gasteiger partial charge in [-0.05, 0) is 23.6 Å². The zero-order valence-electron chi connectivity index (χ0n) is 10.6. The fraction of sp³-hybridized carbons (Fsp3) is 0.143. The second-order valence-corrected chi connectivity index (χ2v) is 6.12. The van der Waals surface area contributed by atoms with Gasteiger partial charge in [-0.1, -0.05) is 6.07 Å². The number of nitrogens with one attached hydrogen (secondary N) is 1. The molecule has 0 saturated carbocycles. The summed E-state index contributed by atoms with van der Waals surface area (Å²) in [5, 5.41) is 7.36. The Morgan fingerprint density at radius 2 is 2.10 bits per heavy atom. The summed E-state index contributed by atoms with van der Waals surface area (Å²) in [6, 6.07) is 8.05. The number of nitrogens with zero attached hydrogens (tertiary/aromatic N) is 2. The number of carbonyl (C=O) groups excluding carboxylic acids is 1. The standard InChI is InChI=1S/C14H13N3OS2/c18-13(16-14-15-5-9-20-14)10-11(12-4-3-8-19-12)17-6-1-2-7-17/h1-9,11H,10H2,(H,15,16,18)/t11-/m1/s1. The fourth-order valence-corrected chi connectivity index (χ4v) is 3.40. The highest BCUT2D eigenvalue weighted by atomic mass is 32.1. The maximum Gasteiger partial charge on any atom is 0.228 e. The zero-order valence-corrected chi connectivity index (χ0v) is 12.2. The topological polar surface area (TPSA) is 46.9 Å². The molecular weight excluding hydrogens is 290 g/mol. The summed E-state index contributed by atoms with van der Waals surface area (Å²) >= 11 is 3.09. The van der Waals surface area contributed by atoms with Crippen LogP contribution in [-0.2, 0) is 4.79 Å². The molecule has 3 heterocycles. The second kappa shape index (κ2) is 6.02. The van der Waals surface area contributed by atoms with Gasteiger partial charge < -0.3 is 9.88 Å². The van der Waals surface area contributed by atoms with Gasteiger partial charge in [0.25, 0.3) is 0 Å². The van der Waals surface area contributed by atoms with Crippen molar-refractivity contribution in [2.45, 2.75) is 12.5 Å². The predicted molar refractivity (Wildman–Crippen MR) is 82.3 cm³/mol. The maximum atomic E-state index is 12.2. The Labute approximate surface area is 124 Å². The molecule has 3 aromatic heterocycles. The van der Waals surface area contributed by atoms with Crippen molar-refractivity contribution in [2.24, 2.45) is 0 Å². The van der Waals surface area contributed by atoms with E-state index in [9.17, 15) is 4.79 Å². The first kappa shape index (κ1) is 13.1. The molecule has 1 atom stereocenters. The van der Waals surface area contributed by atoms with Gasteiger partial charge in [0.05, 0.1) is 12.5 Å². The van der Waals surface area contributed by atoms with E-state index in [1.54, 1.807) is 17.5 Å². The summed E-state index contributed by atoms with van der Waals surface area (Å²) in [5.41, 5.74) is 0. The zero-order chi connectivity index (χ0) is 13.8. The smallest absolute Gasteiger partial charge is 0.228 e. The summed E-state index contributed by atoms with van der Waals surface area (Å²) < 4.78 is 2.06. The Morgan fingerprint density at radius 1 is 1.25 bits per heavy atom. The Balaban J connectivity index is 1.75. The van der Waals surface area contributed by atoms with Crippen molar-refractivity contribution in [3.05, 3.63) is 58.5 Å². The molecule has 1 amide bonds. The molecule has 3 aromatic rings. The van der Waals surface area contributed by atoms with Crippen LogP contribution in [0.15, 0.2) is 53.6 Å². The van der Waals surface area contributed by atoms with Gasteiger partial charge >= 0.3 is 0 Å². The Kier molecular flexibility index (Phi) is 3.94. The lowest BCUT2D eigenvalue weighted by Crippen LogP contribution is -2.18. The highest BCUT2D eigenvalue weighted by Gasteiger charge is 2.18. The summed E-state index contributed by atoms with van der Waals surface area (Å²) in [6.45, 7) is 0. The quantitative estimate of drug-likeness (QED) is 0.782. The van der Waals surface area contributed by atoms with Crippen LogP contribution in [0.5, 0.6) is 0 Å². The van der Waals surface area contributed by atoms with Gasteiger partial charge in [0.2, 0.25) is 5.91 Å². The highest BCUT2D eigenvalue weighted by molar-refractivity contribution is 7.13. The van der Waals surface area contributed by atoms with Crippen molar-refractivity contribution in [1.29, 1.82) is 0 Å². The van der Waals surface area contributed by atoms with Crippen molar-refractivity contribution >= 4 is 33.7 Å². The maximum absolute atomic E-state index is 12.2. The van der Waals surface area contributed by atoms with Gasteiger partial charge in [0.15, 0.2) is 5.13 Å². The van der Waals surface area contributed by atoms with Crippen LogP contribution in [0.1, 0.15) is 17.3 Å². The normalized spacial score (nSPS) is 12.2. The monoisotopic (exact) mass is 303 g/mol. The molecule has 0 aliphatic heterocycles. The molecule has 0 aliphatic carbocycles. The minimum Gasteiger partial charge on any atom is -0.346 e. The van der Waals surface area contributed by atoms with Gasteiger partial charge in [-0.3, -0.25) is 4.79 Å². The van der Waals surface area contributed by atoms with Crippen molar-refractivity contribution in [3.63, 3.8) is 0 Å². The molecule has 6 heteroatoms.